The van der Waals surface area contributed by atoms with Crippen molar-refractivity contribution in [2.45, 2.75) is 81.5 Å². The van der Waals surface area contributed by atoms with E-state index in [1.807, 2.05) is 42.2 Å². The largest absolute Gasteiger partial charge is 0.481 e. The first-order valence-electron chi connectivity index (χ1n) is 14.1. The molecule has 1 saturated heterocycles. The number of piperidine rings is 1. The summed E-state index contributed by atoms with van der Waals surface area (Å²) in [6.07, 6.45) is 4.35. The highest BCUT2D eigenvalue weighted by atomic mass is 35.5. The van der Waals surface area contributed by atoms with Crippen molar-refractivity contribution in [2.24, 2.45) is 11.3 Å². The van der Waals surface area contributed by atoms with Crippen LogP contribution in [-0.2, 0) is 19.6 Å². The average molecular weight is 608 g/mol. The number of carbonyl (C=O) groups is 2. The molecule has 2 aromatic carbocycles. The monoisotopic (exact) mass is 606 g/mol. The zero-order valence-corrected chi connectivity index (χ0v) is 24.9. The van der Waals surface area contributed by atoms with Crippen LogP contribution in [-0.4, -0.2) is 48.1 Å². The summed E-state index contributed by atoms with van der Waals surface area (Å²) in [4.78, 5) is 28.6. The number of halogens is 2. The fourth-order valence-electron chi connectivity index (χ4n) is 6.49. The highest BCUT2D eigenvalue weighted by Gasteiger charge is 2.55. The van der Waals surface area contributed by atoms with Crippen LogP contribution in [0.5, 0.6) is 0 Å². The minimum absolute atomic E-state index is 0.106. The summed E-state index contributed by atoms with van der Waals surface area (Å²) < 4.78 is 28.9. The fourth-order valence-corrected chi connectivity index (χ4v) is 8.41. The van der Waals surface area contributed by atoms with Gasteiger partial charge >= 0.3 is 5.97 Å². The molecule has 1 amide bonds. The minimum atomic E-state index is -3.51. The summed E-state index contributed by atoms with van der Waals surface area (Å²) in [5.41, 5.74) is 0.648. The van der Waals surface area contributed by atoms with Crippen LogP contribution < -0.4 is 4.72 Å². The second-order valence-corrected chi connectivity index (χ2v) is 14.5. The van der Waals surface area contributed by atoms with Crippen LogP contribution in [0.25, 0.3) is 0 Å². The van der Waals surface area contributed by atoms with Gasteiger partial charge in [0.25, 0.3) is 0 Å². The number of rotatable bonds is 11. The smallest absolute Gasteiger partial charge is 0.304 e. The van der Waals surface area contributed by atoms with Gasteiger partial charge in [-0.3, -0.25) is 9.59 Å². The van der Waals surface area contributed by atoms with Crippen molar-refractivity contribution in [2.75, 3.05) is 6.54 Å². The first-order chi connectivity index (χ1) is 19.0. The molecule has 10 heteroatoms. The Hall–Kier alpha value is -2.13. The molecule has 0 radical (unpaired) electrons. The van der Waals surface area contributed by atoms with E-state index in [-0.39, 0.29) is 30.7 Å². The molecule has 7 nitrogen and oxygen atoms in total. The SMILES string of the molecule is CC[C@]1(CC(=O)O)C[C@H](c2cccc(Cl)c2)[C@@H](c2ccc(Cl)cc2)N([C@H](CNS(=O)(=O)C2CCC2)C2CC2)C1=O. The molecule has 40 heavy (non-hydrogen) atoms. The molecule has 0 unspecified atom stereocenters. The van der Waals surface area contributed by atoms with Crippen molar-refractivity contribution in [3.8, 4) is 0 Å². The second-order valence-electron chi connectivity index (χ2n) is 11.6. The number of benzene rings is 2. The molecule has 2 aliphatic carbocycles. The number of carboxylic acid groups (broad SMARTS) is 1. The lowest BCUT2D eigenvalue weighted by atomic mass is 9.64. The number of hydrogen-bond donors (Lipinski definition) is 2. The van der Waals surface area contributed by atoms with Gasteiger partial charge in [-0.1, -0.05) is 60.8 Å². The number of likely N-dealkylation sites (tertiary alicyclic amines) is 1. The Labute approximate surface area is 246 Å². The summed E-state index contributed by atoms with van der Waals surface area (Å²) in [7, 11) is -3.51. The van der Waals surface area contributed by atoms with E-state index in [9.17, 15) is 23.1 Å². The first kappa shape index (κ1) is 29.4. The third kappa shape index (κ3) is 5.91. The van der Waals surface area contributed by atoms with E-state index >= 15 is 0 Å². The van der Waals surface area contributed by atoms with Crippen molar-refractivity contribution in [3.05, 3.63) is 69.7 Å². The number of hydrogen-bond acceptors (Lipinski definition) is 4. The summed E-state index contributed by atoms with van der Waals surface area (Å²) in [6.45, 7) is 1.97. The summed E-state index contributed by atoms with van der Waals surface area (Å²) in [6, 6.07) is 14.1. The molecule has 0 bridgehead atoms. The molecule has 2 aromatic rings. The third-order valence-corrected chi connectivity index (χ3v) is 11.5. The predicted molar refractivity (Wildman–Crippen MR) is 156 cm³/mol. The molecule has 3 fully saturated rings. The summed E-state index contributed by atoms with van der Waals surface area (Å²) in [5, 5.41) is 10.7. The Morgan fingerprint density at radius 3 is 2.33 bits per heavy atom. The van der Waals surface area contributed by atoms with Crippen LogP contribution >= 0.6 is 23.2 Å². The molecule has 0 aromatic heterocycles. The molecule has 1 heterocycles. The average Bonchev–Trinajstić information content (AvgIpc) is 3.70. The Morgan fingerprint density at radius 2 is 1.77 bits per heavy atom. The van der Waals surface area contributed by atoms with E-state index in [2.05, 4.69) is 4.72 Å². The van der Waals surface area contributed by atoms with Gasteiger partial charge in [0.05, 0.1) is 23.1 Å². The standard InChI is InChI=1S/C30H36Cl2N2O5S/c1-2-30(17-27(35)36)16-25(21-5-3-6-23(32)15-21)28(20-11-13-22(31)14-12-20)34(29(30)37)26(19-9-10-19)18-33-40(38,39)24-7-4-8-24/h3,5-6,11-15,19,24-26,28,33H,2,4,7-10,16-18H2,1H3,(H,35,36)/t25-,26-,28-,30-/m1/s1. The Bertz CT molecular complexity index is 1360. The lowest BCUT2D eigenvalue weighted by molar-refractivity contribution is -0.162. The van der Waals surface area contributed by atoms with E-state index in [0.717, 1.165) is 30.4 Å². The van der Waals surface area contributed by atoms with Crippen LogP contribution in [0.2, 0.25) is 10.0 Å². The van der Waals surface area contributed by atoms with Crippen molar-refractivity contribution in [1.29, 1.82) is 0 Å². The molecule has 3 aliphatic rings. The first-order valence-corrected chi connectivity index (χ1v) is 16.4. The molecule has 2 N–H and O–H groups in total. The van der Waals surface area contributed by atoms with E-state index in [4.69, 9.17) is 23.2 Å². The molecule has 1 aliphatic heterocycles. The number of nitrogens with one attached hydrogen (secondary N) is 1. The maximum atomic E-state index is 14.6. The van der Waals surface area contributed by atoms with Crippen molar-refractivity contribution >= 4 is 45.1 Å². The normalized spacial score (nSPS) is 26.4. The van der Waals surface area contributed by atoms with E-state index in [0.29, 0.717) is 35.7 Å². The maximum Gasteiger partial charge on any atom is 0.304 e. The number of carbonyl (C=O) groups excluding carboxylic acids is 1. The molecular formula is C30H36Cl2N2O5S. The fraction of sp³-hybridized carbons (Fsp3) is 0.533. The molecule has 0 spiro atoms. The van der Waals surface area contributed by atoms with Gasteiger partial charge in [-0.2, -0.15) is 0 Å². The number of amides is 1. The maximum absolute atomic E-state index is 14.6. The van der Waals surface area contributed by atoms with Crippen molar-refractivity contribution < 1.29 is 23.1 Å². The summed E-state index contributed by atoms with van der Waals surface area (Å²) >= 11 is 12.7. The van der Waals surface area contributed by atoms with Crippen LogP contribution in [0, 0.1) is 11.3 Å². The molecule has 4 atom stereocenters. The zero-order chi connectivity index (χ0) is 28.7. The van der Waals surface area contributed by atoms with Gasteiger partial charge in [0.2, 0.25) is 15.9 Å². The quantitative estimate of drug-likeness (QED) is 0.318. The van der Waals surface area contributed by atoms with Crippen molar-refractivity contribution in [1.82, 2.24) is 9.62 Å². The van der Waals surface area contributed by atoms with Crippen molar-refractivity contribution in [3.63, 3.8) is 0 Å². The molecule has 2 saturated carbocycles. The Balaban J connectivity index is 1.64. The van der Waals surface area contributed by atoms with E-state index in [1.54, 1.807) is 18.2 Å². The van der Waals surface area contributed by atoms with Crippen LogP contribution in [0.15, 0.2) is 48.5 Å². The highest BCUT2D eigenvalue weighted by molar-refractivity contribution is 7.90. The Morgan fingerprint density at radius 1 is 1.07 bits per heavy atom. The van der Waals surface area contributed by atoms with Gasteiger partial charge in [-0.15, -0.1) is 0 Å². The highest BCUT2D eigenvalue weighted by Crippen LogP contribution is 2.55. The summed E-state index contributed by atoms with van der Waals surface area (Å²) in [5.74, 6) is -1.39. The minimum Gasteiger partial charge on any atom is -0.481 e. The third-order valence-electron chi connectivity index (χ3n) is 9.14. The number of nitrogens with zero attached hydrogens (tertiary/aromatic N) is 1. The van der Waals surface area contributed by atoms with Gasteiger partial charge in [0, 0.05) is 28.5 Å². The lowest BCUT2D eigenvalue weighted by Gasteiger charge is -2.53. The van der Waals surface area contributed by atoms with Crippen LogP contribution in [0.4, 0.5) is 0 Å². The zero-order valence-electron chi connectivity index (χ0n) is 22.6. The number of sulfonamides is 1. The molecular weight excluding hydrogens is 571 g/mol. The van der Waals surface area contributed by atoms with Gasteiger partial charge < -0.3 is 10.0 Å². The van der Waals surface area contributed by atoms with Crippen LogP contribution in [0.1, 0.15) is 81.4 Å². The predicted octanol–water partition coefficient (Wildman–Crippen LogP) is 6.17. The number of aliphatic carboxylic acids is 1. The lowest BCUT2D eigenvalue weighted by Crippen LogP contribution is -2.60. The van der Waals surface area contributed by atoms with Gasteiger partial charge in [0.15, 0.2) is 0 Å². The van der Waals surface area contributed by atoms with E-state index in [1.165, 1.54) is 0 Å². The van der Waals surface area contributed by atoms with E-state index < -0.39 is 38.7 Å². The topological polar surface area (TPSA) is 104 Å². The molecule has 216 valence electrons. The van der Waals surface area contributed by atoms with Gasteiger partial charge in [-0.05, 0) is 79.8 Å². The number of carboxylic acids is 1. The Kier molecular flexibility index (Phi) is 8.54. The van der Waals surface area contributed by atoms with Gasteiger partial charge in [0.1, 0.15) is 0 Å². The van der Waals surface area contributed by atoms with Gasteiger partial charge in [-0.25, -0.2) is 13.1 Å². The second kappa shape index (κ2) is 11.6. The molecule has 5 rings (SSSR count). The van der Waals surface area contributed by atoms with Crippen LogP contribution in [0.3, 0.4) is 0 Å².